The largest absolute Gasteiger partial charge is 0.490 e. The lowest BCUT2D eigenvalue weighted by Gasteiger charge is -2.33. The van der Waals surface area contributed by atoms with E-state index >= 15 is 0 Å². The summed E-state index contributed by atoms with van der Waals surface area (Å²) in [5.74, 6) is 0.731. The van der Waals surface area contributed by atoms with Gasteiger partial charge in [-0.05, 0) is 23.1 Å². The molecule has 0 fully saturated rings. The molecule has 0 aliphatic rings. The Hall–Kier alpha value is -3.18. The molecule has 3 rings (SSSR count). The second-order valence-corrected chi connectivity index (χ2v) is 9.06. The van der Waals surface area contributed by atoms with Crippen molar-refractivity contribution in [1.82, 2.24) is 0 Å². The molecule has 0 aliphatic carbocycles. The van der Waals surface area contributed by atoms with Gasteiger partial charge in [0.25, 0.3) is 0 Å². The molecule has 3 aromatic rings. The molecule has 3 aromatic carbocycles. The molecule has 37 heavy (non-hydrogen) atoms. The molecule has 0 heterocycles. The maximum Gasteiger partial charge on any atom is 0.150 e. The van der Waals surface area contributed by atoms with E-state index in [1.54, 1.807) is 6.08 Å². The number of benzene rings is 3. The molecule has 0 unspecified atom stereocenters. The van der Waals surface area contributed by atoms with Crippen molar-refractivity contribution >= 4 is 0 Å². The monoisotopic (exact) mass is 500 g/mol. The van der Waals surface area contributed by atoms with E-state index in [0.717, 1.165) is 41.7 Å². The Morgan fingerprint density at radius 1 is 0.757 bits per heavy atom. The highest BCUT2D eigenvalue weighted by Crippen LogP contribution is 2.22. The minimum Gasteiger partial charge on any atom is -0.490 e. The van der Waals surface area contributed by atoms with Gasteiger partial charge in [0.05, 0.1) is 32.2 Å². The molecular formula is C33H40O4. The molecule has 4 nitrogen and oxygen atoms in total. The standard InChI is InChI=1S/C33H40O4/c1-4-6-16-27(3)37-32(26-34-23-28-17-10-7-11-18-28)33(36-25-30-21-14-9-15-22-30)31(5-2)35-24-29-19-12-8-13-20-29/h5,7-15,17-22,31-33H,2-4,6,16,23-26H2,1H3/t31-,32-,33+/m1/s1. The van der Waals surface area contributed by atoms with Gasteiger partial charge >= 0.3 is 0 Å². The summed E-state index contributed by atoms with van der Waals surface area (Å²) in [6, 6.07) is 30.3. The van der Waals surface area contributed by atoms with Gasteiger partial charge in [-0.25, -0.2) is 0 Å². The summed E-state index contributed by atoms with van der Waals surface area (Å²) in [6.45, 7) is 12.1. The van der Waals surface area contributed by atoms with E-state index < -0.39 is 18.3 Å². The molecule has 0 aliphatic heterocycles. The Morgan fingerprint density at radius 3 is 1.78 bits per heavy atom. The van der Waals surface area contributed by atoms with Crippen LogP contribution < -0.4 is 0 Å². The van der Waals surface area contributed by atoms with E-state index in [2.05, 4.69) is 32.2 Å². The van der Waals surface area contributed by atoms with Crippen molar-refractivity contribution in [2.45, 2.75) is 64.3 Å². The lowest BCUT2D eigenvalue weighted by molar-refractivity contribution is -0.141. The maximum absolute atomic E-state index is 6.50. The SMILES string of the molecule is C=C[C@@H](OCc1ccccc1)[C@H](OCc1ccccc1)[C@@H](COCc1ccccc1)OC(=C)CCCC. The van der Waals surface area contributed by atoms with Crippen LogP contribution in [0.15, 0.2) is 116 Å². The second-order valence-electron chi connectivity index (χ2n) is 9.06. The molecule has 0 saturated carbocycles. The predicted octanol–water partition coefficient (Wildman–Crippen LogP) is 7.65. The van der Waals surface area contributed by atoms with E-state index in [1.807, 2.05) is 78.9 Å². The normalized spacial score (nSPS) is 13.4. The summed E-state index contributed by atoms with van der Waals surface area (Å²) in [5.41, 5.74) is 3.27. The summed E-state index contributed by atoms with van der Waals surface area (Å²) in [6.07, 6.45) is 3.39. The second kappa shape index (κ2) is 16.5. The van der Waals surface area contributed by atoms with Crippen LogP contribution in [0.4, 0.5) is 0 Å². The average molecular weight is 501 g/mol. The third-order valence-corrected chi connectivity index (χ3v) is 6.01. The first-order valence-electron chi connectivity index (χ1n) is 13.1. The summed E-state index contributed by atoms with van der Waals surface area (Å²) >= 11 is 0. The van der Waals surface area contributed by atoms with Crippen LogP contribution in [0.5, 0.6) is 0 Å². The minimum absolute atomic E-state index is 0.332. The molecule has 196 valence electrons. The smallest absolute Gasteiger partial charge is 0.150 e. The molecule has 0 saturated heterocycles. The lowest BCUT2D eigenvalue weighted by atomic mass is 10.1. The molecule has 4 heteroatoms. The fourth-order valence-electron chi connectivity index (χ4n) is 3.95. The third kappa shape index (κ3) is 10.4. The van der Waals surface area contributed by atoms with Crippen LogP contribution >= 0.6 is 0 Å². The van der Waals surface area contributed by atoms with Crippen LogP contribution in [-0.2, 0) is 38.8 Å². The zero-order valence-electron chi connectivity index (χ0n) is 22.0. The van der Waals surface area contributed by atoms with Gasteiger partial charge in [0.1, 0.15) is 12.2 Å². The van der Waals surface area contributed by atoms with E-state index in [-0.39, 0.29) is 0 Å². The summed E-state index contributed by atoms with van der Waals surface area (Å²) in [4.78, 5) is 0. The van der Waals surface area contributed by atoms with E-state index in [4.69, 9.17) is 18.9 Å². The first-order chi connectivity index (χ1) is 18.2. The van der Waals surface area contributed by atoms with Crippen LogP contribution in [0, 0.1) is 0 Å². The van der Waals surface area contributed by atoms with Crippen molar-refractivity contribution in [1.29, 1.82) is 0 Å². The van der Waals surface area contributed by atoms with Crippen molar-refractivity contribution in [3.8, 4) is 0 Å². The minimum atomic E-state index is -0.449. The van der Waals surface area contributed by atoms with Gasteiger partial charge in [-0.3, -0.25) is 0 Å². The number of ether oxygens (including phenoxy) is 4. The zero-order valence-corrected chi connectivity index (χ0v) is 22.0. The molecule has 0 radical (unpaired) electrons. The van der Waals surface area contributed by atoms with Crippen molar-refractivity contribution in [3.05, 3.63) is 133 Å². The highest BCUT2D eigenvalue weighted by molar-refractivity contribution is 5.15. The predicted molar refractivity (Wildman–Crippen MR) is 150 cm³/mol. The van der Waals surface area contributed by atoms with Crippen LogP contribution in [0.1, 0.15) is 42.9 Å². The number of allylic oxidation sites excluding steroid dienone is 1. The summed E-state index contributed by atoms with van der Waals surface area (Å²) < 4.78 is 25.4. The first kappa shape index (κ1) is 28.4. The average Bonchev–Trinajstić information content (AvgIpc) is 2.95. The van der Waals surface area contributed by atoms with Crippen molar-refractivity contribution in [3.63, 3.8) is 0 Å². The Bertz CT molecular complexity index is 1020. The molecule has 3 atom stereocenters. The summed E-state index contributed by atoms with van der Waals surface area (Å²) in [7, 11) is 0. The Labute approximate surface area is 222 Å². The van der Waals surface area contributed by atoms with Gasteiger partial charge < -0.3 is 18.9 Å². The van der Waals surface area contributed by atoms with Crippen molar-refractivity contribution in [2.24, 2.45) is 0 Å². The topological polar surface area (TPSA) is 36.9 Å². The zero-order chi connectivity index (χ0) is 26.1. The van der Waals surface area contributed by atoms with E-state index in [1.165, 1.54) is 0 Å². The van der Waals surface area contributed by atoms with Gasteiger partial charge in [-0.15, -0.1) is 6.58 Å². The fraction of sp³-hybridized carbons (Fsp3) is 0.333. The number of hydrogen-bond acceptors (Lipinski definition) is 4. The van der Waals surface area contributed by atoms with Crippen molar-refractivity contribution < 1.29 is 18.9 Å². The molecule has 0 amide bonds. The van der Waals surface area contributed by atoms with Crippen LogP contribution in [-0.4, -0.2) is 24.9 Å². The Balaban J connectivity index is 1.78. The Morgan fingerprint density at radius 2 is 1.27 bits per heavy atom. The lowest BCUT2D eigenvalue weighted by Crippen LogP contribution is -2.44. The van der Waals surface area contributed by atoms with Crippen LogP contribution in [0.3, 0.4) is 0 Å². The van der Waals surface area contributed by atoms with Gasteiger partial charge in [-0.2, -0.15) is 0 Å². The fourth-order valence-corrected chi connectivity index (χ4v) is 3.95. The first-order valence-corrected chi connectivity index (χ1v) is 13.1. The highest BCUT2D eigenvalue weighted by atomic mass is 16.6. The summed E-state index contributed by atoms with van der Waals surface area (Å²) in [5, 5.41) is 0. The molecule has 0 N–H and O–H groups in total. The number of hydrogen-bond donors (Lipinski definition) is 0. The third-order valence-electron chi connectivity index (χ3n) is 6.01. The highest BCUT2D eigenvalue weighted by Gasteiger charge is 2.32. The maximum atomic E-state index is 6.50. The van der Waals surface area contributed by atoms with E-state index in [0.29, 0.717) is 26.4 Å². The van der Waals surface area contributed by atoms with Crippen LogP contribution in [0.25, 0.3) is 0 Å². The van der Waals surface area contributed by atoms with Gasteiger partial charge in [0.15, 0.2) is 6.10 Å². The van der Waals surface area contributed by atoms with E-state index in [9.17, 15) is 0 Å². The van der Waals surface area contributed by atoms with Gasteiger partial charge in [0, 0.05) is 6.42 Å². The quantitative estimate of drug-likeness (QED) is 0.133. The number of unbranched alkanes of at least 4 members (excludes halogenated alkanes) is 1. The van der Waals surface area contributed by atoms with Gasteiger partial charge in [-0.1, -0.05) is 117 Å². The molecule has 0 bridgehead atoms. The number of rotatable bonds is 18. The molecular weight excluding hydrogens is 460 g/mol. The van der Waals surface area contributed by atoms with Crippen LogP contribution in [0.2, 0.25) is 0 Å². The van der Waals surface area contributed by atoms with Gasteiger partial charge in [0.2, 0.25) is 0 Å². The van der Waals surface area contributed by atoms with Crippen molar-refractivity contribution in [2.75, 3.05) is 6.61 Å². The molecule has 0 spiro atoms. The Kier molecular flexibility index (Phi) is 12.7. The molecule has 0 aromatic heterocycles.